The monoisotopic (exact) mass is 284 g/mol. The van der Waals surface area contributed by atoms with Crippen LogP contribution in [0, 0.1) is 0 Å². The first kappa shape index (κ1) is 13.9. The van der Waals surface area contributed by atoms with Crippen molar-refractivity contribution in [2.75, 3.05) is 0 Å². The molecule has 0 saturated heterocycles. The highest BCUT2D eigenvalue weighted by molar-refractivity contribution is 5.88. The van der Waals surface area contributed by atoms with Crippen LogP contribution in [-0.4, -0.2) is 18.1 Å². The molecule has 0 spiro atoms. The number of fused-ring (bicyclic) bond motifs is 1. The van der Waals surface area contributed by atoms with Crippen molar-refractivity contribution in [3.63, 3.8) is 0 Å². The van der Waals surface area contributed by atoms with Crippen molar-refractivity contribution in [3.05, 3.63) is 42.0 Å². The predicted octanol–water partition coefficient (Wildman–Crippen LogP) is 2.34. The molecule has 21 heavy (non-hydrogen) atoms. The Labute approximate surface area is 124 Å². The summed E-state index contributed by atoms with van der Waals surface area (Å²) in [6, 6.07) is 12.3. The smallest absolute Gasteiger partial charge is 0.260 e. The molecule has 2 aromatic rings. The van der Waals surface area contributed by atoms with Gasteiger partial charge in [-0.05, 0) is 36.6 Å². The molecule has 0 aliphatic heterocycles. The second-order valence-electron chi connectivity index (χ2n) is 5.51. The summed E-state index contributed by atoms with van der Waals surface area (Å²) in [5.41, 5.74) is 6.82. The van der Waals surface area contributed by atoms with Crippen molar-refractivity contribution in [1.29, 1.82) is 0 Å². The van der Waals surface area contributed by atoms with E-state index in [4.69, 9.17) is 10.5 Å². The molecule has 2 aromatic carbocycles. The Morgan fingerprint density at radius 3 is 2.81 bits per heavy atom. The molecule has 1 fully saturated rings. The molecule has 4 heteroatoms. The van der Waals surface area contributed by atoms with Gasteiger partial charge in [0.1, 0.15) is 5.75 Å². The molecule has 0 radical (unpaired) electrons. The second-order valence-corrected chi connectivity index (χ2v) is 5.51. The van der Waals surface area contributed by atoms with Crippen LogP contribution < -0.4 is 15.8 Å². The van der Waals surface area contributed by atoms with Crippen LogP contribution in [0.1, 0.15) is 25.3 Å². The molecular weight excluding hydrogens is 264 g/mol. The molecule has 1 amide bonds. The number of nitrogens with two attached hydrogens (primary N) is 1. The highest BCUT2D eigenvalue weighted by Gasteiger charge is 2.26. The maximum Gasteiger partial charge on any atom is 0.260 e. The number of nitrogens with one attached hydrogen (secondary N) is 1. The van der Waals surface area contributed by atoms with Gasteiger partial charge in [-0.25, -0.2) is 0 Å². The zero-order valence-corrected chi connectivity index (χ0v) is 12.1. The largest absolute Gasteiger partial charge is 0.481 e. The number of carbonyl (C=O) groups excluding carboxylic acids is 1. The summed E-state index contributed by atoms with van der Waals surface area (Å²) in [4.78, 5) is 12.0. The number of hydrogen-bond acceptors (Lipinski definition) is 3. The van der Waals surface area contributed by atoms with Gasteiger partial charge in [0.05, 0.1) is 0 Å². The SMILES string of the molecule is CC(Oc1ccc2ccccc2c1CN)C(=O)NC1CC1. The van der Waals surface area contributed by atoms with Crippen molar-refractivity contribution in [1.82, 2.24) is 5.32 Å². The van der Waals surface area contributed by atoms with Crippen LogP contribution >= 0.6 is 0 Å². The quantitative estimate of drug-likeness (QED) is 0.885. The zero-order chi connectivity index (χ0) is 14.8. The van der Waals surface area contributed by atoms with Crippen LogP contribution in [0.15, 0.2) is 36.4 Å². The number of amides is 1. The van der Waals surface area contributed by atoms with Gasteiger partial charge in [0.25, 0.3) is 5.91 Å². The molecular formula is C17H20N2O2. The van der Waals surface area contributed by atoms with E-state index in [0.717, 1.165) is 29.2 Å². The minimum atomic E-state index is -0.517. The number of hydrogen-bond donors (Lipinski definition) is 2. The lowest BCUT2D eigenvalue weighted by Gasteiger charge is -2.18. The summed E-state index contributed by atoms with van der Waals surface area (Å²) in [5.74, 6) is 0.628. The third-order valence-corrected chi connectivity index (χ3v) is 3.80. The van der Waals surface area contributed by atoms with Gasteiger partial charge in [-0.15, -0.1) is 0 Å². The Kier molecular flexibility index (Phi) is 3.80. The summed E-state index contributed by atoms with van der Waals surface area (Å²) >= 11 is 0. The fraction of sp³-hybridized carbons (Fsp3) is 0.353. The van der Waals surface area contributed by atoms with Gasteiger partial charge >= 0.3 is 0 Å². The average molecular weight is 284 g/mol. The summed E-state index contributed by atoms with van der Waals surface area (Å²) < 4.78 is 5.84. The fourth-order valence-corrected chi connectivity index (χ4v) is 2.43. The Morgan fingerprint density at radius 2 is 2.10 bits per heavy atom. The molecule has 3 N–H and O–H groups in total. The average Bonchev–Trinajstić information content (AvgIpc) is 3.30. The predicted molar refractivity (Wildman–Crippen MR) is 83.1 cm³/mol. The van der Waals surface area contributed by atoms with Gasteiger partial charge in [-0.3, -0.25) is 4.79 Å². The van der Waals surface area contributed by atoms with E-state index in [1.165, 1.54) is 0 Å². The molecule has 1 unspecified atom stereocenters. The van der Waals surface area contributed by atoms with Crippen LogP contribution in [0.5, 0.6) is 5.75 Å². The summed E-state index contributed by atoms with van der Waals surface area (Å²) in [5, 5.41) is 5.15. The van der Waals surface area contributed by atoms with Crippen LogP contribution in [0.2, 0.25) is 0 Å². The molecule has 1 saturated carbocycles. The number of ether oxygens (including phenoxy) is 1. The maximum absolute atomic E-state index is 12.0. The summed E-state index contributed by atoms with van der Waals surface area (Å²) in [6.45, 7) is 2.15. The molecule has 1 aliphatic carbocycles. The van der Waals surface area contributed by atoms with Crippen molar-refractivity contribution < 1.29 is 9.53 Å². The minimum absolute atomic E-state index is 0.0615. The normalized spacial score (nSPS) is 15.7. The van der Waals surface area contributed by atoms with Crippen LogP contribution in [0.4, 0.5) is 0 Å². The van der Waals surface area contributed by atoms with E-state index < -0.39 is 6.10 Å². The summed E-state index contributed by atoms with van der Waals surface area (Å²) in [7, 11) is 0. The molecule has 0 bridgehead atoms. The van der Waals surface area contributed by atoms with E-state index in [1.54, 1.807) is 6.92 Å². The van der Waals surface area contributed by atoms with Gasteiger partial charge < -0.3 is 15.8 Å². The van der Waals surface area contributed by atoms with Gasteiger partial charge in [0, 0.05) is 18.2 Å². The van der Waals surface area contributed by atoms with Gasteiger partial charge in [0.15, 0.2) is 6.10 Å². The highest BCUT2D eigenvalue weighted by Crippen LogP contribution is 2.28. The number of rotatable bonds is 5. The number of benzene rings is 2. The van der Waals surface area contributed by atoms with Crippen molar-refractivity contribution >= 4 is 16.7 Å². The Bertz CT molecular complexity index is 665. The van der Waals surface area contributed by atoms with E-state index in [0.29, 0.717) is 18.3 Å². The lowest BCUT2D eigenvalue weighted by molar-refractivity contribution is -0.127. The molecule has 0 aromatic heterocycles. The standard InChI is InChI=1S/C17H20N2O2/c1-11(17(20)19-13-7-8-13)21-16-9-6-12-4-2-3-5-14(12)15(16)10-18/h2-6,9,11,13H,7-8,10,18H2,1H3,(H,19,20). The Hall–Kier alpha value is -2.07. The molecule has 1 aliphatic rings. The van der Waals surface area contributed by atoms with Crippen LogP contribution in [-0.2, 0) is 11.3 Å². The summed E-state index contributed by atoms with van der Waals surface area (Å²) in [6.07, 6.45) is 1.63. The topological polar surface area (TPSA) is 64.3 Å². The van der Waals surface area contributed by atoms with E-state index >= 15 is 0 Å². The third kappa shape index (κ3) is 3.00. The molecule has 0 heterocycles. The molecule has 4 nitrogen and oxygen atoms in total. The first-order chi connectivity index (χ1) is 10.2. The highest BCUT2D eigenvalue weighted by atomic mass is 16.5. The van der Waals surface area contributed by atoms with Gasteiger partial charge in [-0.1, -0.05) is 30.3 Å². The lowest BCUT2D eigenvalue weighted by Crippen LogP contribution is -2.37. The third-order valence-electron chi connectivity index (χ3n) is 3.80. The van der Waals surface area contributed by atoms with Gasteiger partial charge in [0.2, 0.25) is 0 Å². The van der Waals surface area contributed by atoms with Crippen molar-refractivity contribution in [2.24, 2.45) is 5.73 Å². The molecule has 1 atom stereocenters. The molecule has 110 valence electrons. The second kappa shape index (κ2) is 5.74. The van der Waals surface area contributed by atoms with Crippen molar-refractivity contribution in [2.45, 2.75) is 38.5 Å². The van der Waals surface area contributed by atoms with E-state index in [9.17, 15) is 4.79 Å². The van der Waals surface area contributed by atoms with Crippen molar-refractivity contribution in [3.8, 4) is 5.75 Å². The first-order valence-electron chi connectivity index (χ1n) is 7.36. The maximum atomic E-state index is 12.0. The Morgan fingerprint density at radius 1 is 1.33 bits per heavy atom. The van der Waals surface area contributed by atoms with E-state index in [-0.39, 0.29) is 5.91 Å². The minimum Gasteiger partial charge on any atom is -0.481 e. The van der Waals surface area contributed by atoms with Crippen LogP contribution in [0.25, 0.3) is 10.8 Å². The van der Waals surface area contributed by atoms with E-state index in [2.05, 4.69) is 5.32 Å². The lowest BCUT2D eigenvalue weighted by atomic mass is 10.0. The first-order valence-corrected chi connectivity index (χ1v) is 7.36. The van der Waals surface area contributed by atoms with Gasteiger partial charge in [-0.2, -0.15) is 0 Å². The van der Waals surface area contributed by atoms with Crippen LogP contribution in [0.3, 0.4) is 0 Å². The molecule has 3 rings (SSSR count). The van der Waals surface area contributed by atoms with E-state index in [1.807, 2.05) is 36.4 Å². The number of carbonyl (C=O) groups is 1. The Balaban J connectivity index is 1.83. The zero-order valence-electron chi connectivity index (χ0n) is 12.1. The fourth-order valence-electron chi connectivity index (χ4n) is 2.43.